The first kappa shape index (κ1) is 29.0. The van der Waals surface area contributed by atoms with E-state index in [9.17, 15) is 14.2 Å². The van der Waals surface area contributed by atoms with Crippen LogP contribution in [-0.2, 0) is 19.6 Å². The van der Waals surface area contributed by atoms with Crippen LogP contribution in [0, 0.1) is 5.82 Å². The van der Waals surface area contributed by atoms with Crippen molar-refractivity contribution in [1.29, 1.82) is 0 Å². The summed E-state index contributed by atoms with van der Waals surface area (Å²) >= 11 is 0. The van der Waals surface area contributed by atoms with Crippen LogP contribution in [0.2, 0.25) is 0 Å². The van der Waals surface area contributed by atoms with Crippen LogP contribution < -0.4 is 9.47 Å². The molecule has 0 aliphatic heterocycles. The Bertz CT molecular complexity index is 1160. The van der Waals surface area contributed by atoms with Crippen molar-refractivity contribution in [3.63, 3.8) is 0 Å². The van der Waals surface area contributed by atoms with E-state index >= 15 is 0 Å². The highest BCUT2D eigenvalue weighted by Crippen LogP contribution is 2.34. The third-order valence-corrected chi connectivity index (χ3v) is 7.38. The number of methoxy groups -OCH3 is 1. The Morgan fingerprint density at radius 2 is 1.68 bits per heavy atom. The molecule has 1 heterocycles. The van der Waals surface area contributed by atoms with E-state index in [0.29, 0.717) is 48.8 Å². The number of nitrogens with zero attached hydrogens (tertiary/aromatic N) is 2. The zero-order valence-electron chi connectivity index (χ0n) is 22.5. The predicted octanol–water partition coefficient (Wildman–Crippen LogP) is 6.32. The Balaban J connectivity index is 1.90. The SMILES string of the molecule is COc1cc(-c2ccc(COc3cccc(CC(C)P(O)O)c3)cc2CN(C(C)C)C(C)C)c(F)cn1. The maximum Gasteiger partial charge on any atom is 0.213 e. The van der Waals surface area contributed by atoms with Gasteiger partial charge in [-0.1, -0.05) is 37.3 Å². The summed E-state index contributed by atoms with van der Waals surface area (Å²) in [5.74, 6) is 0.682. The maximum absolute atomic E-state index is 14.9. The number of hydrogen-bond donors (Lipinski definition) is 2. The molecule has 0 amide bonds. The van der Waals surface area contributed by atoms with Gasteiger partial charge in [-0.15, -0.1) is 0 Å². The Morgan fingerprint density at radius 1 is 0.946 bits per heavy atom. The molecule has 2 aromatic carbocycles. The van der Waals surface area contributed by atoms with E-state index in [2.05, 4.69) is 43.6 Å². The topological polar surface area (TPSA) is 75.1 Å². The Labute approximate surface area is 221 Å². The smallest absolute Gasteiger partial charge is 0.213 e. The summed E-state index contributed by atoms with van der Waals surface area (Å²) in [6.45, 7) is 11.5. The van der Waals surface area contributed by atoms with E-state index in [4.69, 9.17) is 9.47 Å². The molecule has 0 aliphatic rings. The third kappa shape index (κ3) is 7.96. The lowest BCUT2D eigenvalue weighted by atomic mass is 9.96. The highest BCUT2D eigenvalue weighted by atomic mass is 31.2. The molecular weight excluding hydrogens is 490 g/mol. The Kier molecular flexibility index (Phi) is 10.4. The minimum atomic E-state index is -1.97. The monoisotopic (exact) mass is 528 g/mol. The average Bonchev–Trinajstić information content (AvgIpc) is 2.86. The number of hydrogen-bond acceptors (Lipinski definition) is 6. The van der Waals surface area contributed by atoms with Crippen molar-refractivity contribution in [1.82, 2.24) is 9.88 Å². The zero-order valence-corrected chi connectivity index (χ0v) is 23.4. The minimum Gasteiger partial charge on any atom is -0.489 e. The average molecular weight is 529 g/mol. The highest BCUT2D eigenvalue weighted by molar-refractivity contribution is 7.45. The van der Waals surface area contributed by atoms with Gasteiger partial charge in [0.1, 0.15) is 18.2 Å². The molecule has 3 aromatic rings. The molecule has 3 rings (SSSR count). The van der Waals surface area contributed by atoms with Crippen molar-refractivity contribution in [3.05, 3.63) is 77.2 Å². The van der Waals surface area contributed by atoms with Gasteiger partial charge in [-0.3, -0.25) is 4.90 Å². The molecule has 1 aromatic heterocycles. The van der Waals surface area contributed by atoms with E-state index < -0.39 is 14.2 Å². The Hall–Kier alpha value is -2.57. The fraction of sp³-hybridized carbons (Fsp3) is 0.414. The van der Waals surface area contributed by atoms with Gasteiger partial charge < -0.3 is 19.3 Å². The van der Waals surface area contributed by atoms with Gasteiger partial charge in [0.05, 0.1) is 13.3 Å². The van der Waals surface area contributed by atoms with Crippen LogP contribution in [0.25, 0.3) is 11.1 Å². The van der Waals surface area contributed by atoms with Crippen LogP contribution in [0.1, 0.15) is 51.3 Å². The maximum atomic E-state index is 14.9. The number of aromatic nitrogens is 1. The van der Waals surface area contributed by atoms with Crippen LogP contribution >= 0.6 is 8.38 Å². The second kappa shape index (κ2) is 13.3. The molecule has 6 nitrogen and oxygen atoms in total. The lowest BCUT2D eigenvalue weighted by molar-refractivity contribution is 0.166. The fourth-order valence-corrected chi connectivity index (χ4v) is 4.75. The summed E-state index contributed by atoms with van der Waals surface area (Å²) in [6, 6.07) is 15.9. The van der Waals surface area contributed by atoms with Gasteiger partial charge >= 0.3 is 0 Å². The lowest BCUT2D eigenvalue weighted by Gasteiger charge is -2.31. The summed E-state index contributed by atoms with van der Waals surface area (Å²) in [4.78, 5) is 25.3. The van der Waals surface area contributed by atoms with Crippen LogP contribution in [0.15, 0.2) is 54.7 Å². The van der Waals surface area contributed by atoms with E-state index in [0.717, 1.165) is 22.3 Å². The molecule has 2 N–H and O–H groups in total. The number of halogens is 1. The first-order valence-corrected chi connectivity index (χ1v) is 13.9. The van der Waals surface area contributed by atoms with E-state index in [-0.39, 0.29) is 5.66 Å². The van der Waals surface area contributed by atoms with Gasteiger partial charge in [-0.25, -0.2) is 9.37 Å². The van der Waals surface area contributed by atoms with Gasteiger partial charge in [0.25, 0.3) is 0 Å². The standard InChI is InChI=1S/C29H38FN2O4P/c1-19(2)32(20(3)4)17-24-13-23(10-11-26(24)27-15-29(35-6)31-16-28(27)30)18-36-25-9-7-8-22(14-25)12-21(5)37(33)34/h7-11,13-16,19-21,33-34H,12,17-18H2,1-6H3. The van der Waals surface area contributed by atoms with Crippen molar-refractivity contribution in [2.45, 2.75) is 71.9 Å². The second-order valence-electron chi connectivity index (χ2n) is 9.87. The second-order valence-corrected chi connectivity index (χ2v) is 11.4. The van der Waals surface area contributed by atoms with Crippen molar-refractivity contribution < 1.29 is 23.7 Å². The largest absolute Gasteiger partial charge is 0.489 e. The summed E-state index contributed by atoms with van der Waals surface area (Å²) in [6.07, 6.45) is 1.76. The fourth-order valence-electron chi connectivity index (χ4n) is 4.38. The molecule has 0 saturated carbocycles. The molecule has 0 saturated heterocycles. The molecular formula is C29H38FN2O4P. The molecule has 37 heavy (non-hydrogen) atoms. The zero-order chi connectivity index (χ0) is 27.1. The van der Waals surface area contributed by atoms with Crippen molar-refractivity contribution >= 4 is 8.38 Å². The summed E-state index contributed by atoms with van der Waals surface area (Å²) in [5, 5.41) is 0. The lowest BCUT2D eigenvalue weighted by Crippen LogP contribution is -2.36. The highest BCUT2D eigenvalue weighted by Gasteiger charge is 2.19. The minimum absolute atomic E-state index is 0.211. The molecule has 0 spiro atoms. The van der Waals surface area contributed by atoms with Crippen LogP contribution in [0.4, 0.5) is 4.39 Å². The first-order valence-electron chi connectivity index (χ1n) is 12.5. The van der Waals surface area contributed by atoms with E-state index in [1.54, 1.807) is 6.07 Å². The summed E-state index contributed by atoms with van der Waals surface area (Å²) < 4.78 is 26.2. The van der Waals surface area contributed by atoms with Gasteiger partial charge in [0.15, 0.2) is 8.38 Å². The molecule has 0 fully saturated rings. The molecule has 200 valence electrons. The molecule has 8 heteroatoms. The van der Waals surface area contributed by atoms with Crippen molar-refractivity contribution in [2.75, 3.05) is 7.11 Å². The summed E-state index contributed by atoms with van der Waals surface area (Å²) in [5.41, 5.74) is 4.00. The molecule has 1 atom stereocenters. The van der Waals surface area contributed by atoms with Crippen LogP contribution in [0.5, 0.6) is 11.6 Å². The van der Waals surface area contributed by atoms with Crippen molar-refractivity contribution in [3.8, 4) is 22.8 Å². The number of benzene rings is 2. The Morgan fingerprint density at radius 3 is 2.32 bits per heavy atom. The van der Waals surface area contributed by atoms with Crippen LogP contribution in [-0.4, -0.2) is 44.5 Å². The molecule has 0 radical (unpaired) electrons. The van der Waals surface area contributed by atoms with E-state index in [1.807, 2.05) is 43.3 Å². The van der Waals surface area contributed by atoms with Gasteiger partial charge in [-0.05, 0) is 68.5 Å². The molecule has 0 bridgehead atoms. The molecule has 1 unspecified atom stereocenters. The number of ether oxygens (including phenoxy) is 2. The van der Waals surface area contributed by atoms with E-state index in [1.165, 1.54) is 13.3 Å². The normalized spacial score (nSPS) is 12.6. The number of rotatable bonds is 12. The van der Waals surface area contributed by atoms with Gasteiger partial charge in [0, 0.05) is 35.9 Å². The number of pyridine rings is 1. The van der Waals surface area contributed by atoms with Crippen molar-refractivity contribution in [2.24, 2.45) is 0 Å². The molecule has 0 aliphatic carbocycles. The third-order valence-electron chi connectivity index (χ3n) is 6.41. The predicted molar refractivity (Wildman–Crippen MR) is 147 cm³/mol. The van der Waals surface area contributed by atoms with Crippen LogP contribution in [0.3, 0.4) is 0 Å². The first-order chi connectivity index (χ1) is 17.6. The van der Waals surface area contributed by atoms with Gasteiger partial charge in [0.2, 0.25) is 5.88 Å². The quantitative estimate of drug-likeness (QED) is 0.268. The van der Waals surface area contributed by atoms with Gasteiger partial charge in [-0.2, -0.15) is 0 Å². The summed E-state index contributed by atoms with van der Waals surface area (Å²) in [7, 11) is -0.450.